The van der Waals surface area contributed by atoms with Crippen LogP contribution >= 0.6 is 0 Å². The third kappa shape index (κ3) is 6.56. The molecule has 1 aromatic heterocycles. The molecule has 1 aliphatic heterocycles. The predicted molar refractivity (Wildman–Crippen MR) is 135 cm³/mol. The van der Waals surface area contributed by atoms with E-state index in [1.165, 1.54) is 0 Å². The van der Waals surface area contributed by atoms with Crippen molar-refractivity contribution in [2.24, 2.45) is 0 Å². The van der Waals surface area contributed by atoms with Gasteiger partial charge in [0.25, 0.3) is 5.91 Å². The molecule has 7 nitrogen and oxygen atoms in total. The Kier molecular flexibility index (Phi) is 7.97. The minimum atomic E-state index is -4.78. The lowest BCUT2D eigenvalue weighted by molar-refractivity contribution is -0.141. The van der Waals surface area contributed by atoms with Gasteiger partial charge >= 0.3 is 6.18 Å². The van der Waals surface area contributed by atoms with Gasteiger partial charge in [-0.1, -0.05) is 30.3 Å². The molecule has 1 N–H and O–H groups in total. The van der Waals surface area contributed by atoms with Crippen LogP contribution in [0.1, 0.15) is 46.8 Å². The van der Waals surface area contributed by atoms with Crippen LogP contribution in [-0.4, -0.2) is 65.1 Å². The molecule has 0 saturated carbocycles. The molecule has 2 amide bonds. The number of carbonyl (C=O) groups excluding carboxylic acids is 2. The Morgan fingerprint density at radius 3 is 2.27 bits per heavy atom. The second-order valence-electron chi connectivity index (χ2n) is 9.45. The summed E-state index contributed by atoms with van der Waals surface area (Å²) in [6, 6.07) is 15.5. The summed E-state index contributed by atoms with van der Waals surface area (Å²) in [6.07, 6.45) is -1.50. The number of benzene rings is 2. The second kappa shape index (κ2) is 11.2. The number of anilines is 1. The third-order valence-electron chi connectivity index (χ3n) is 6.51. The van der Waals surface area contributed by atoms with Crippen molar-refractivity contribution < 1.29 is 22.8 Å². The maximum atomic E-state index is 13.6. The van der Waals surface area contributed by atoms with E-state index in [4.69, 9.17) is 0 Å². The zero-order chi connectivity index (χ0) is 26.6. The molecule has 1 aliphatic rings. The quantitative estimate of drug-likeness (QED) is 0.493. The first-order valence-corrected chi connectivity index (χ1v) is 12.2. The third-order valence-corrected chi connectivity index (χ3v) is 6.51. The Labute approximate surface area is 213 Å². The number of halogens is 3. The van der Waals surface area contributed by atoms with Crippen LogP contribution in [0.3, 0.4) is 0 Å². The van der Waals surface area contributed by atoms with E-state index in [-0.39, 0.29) is 11.8 Å². The fourth-order valence-corrected chi connectivity index (χ4v) is 4.44. The molecule has 1 saturated heterocycles. The molecule has 10 heteroatoms. The van der Waals surface area contributed by atoms with Crippen LogP contribution in [0.15, 0.2) is 60.8 Å². The van der Waals surface area contributed by atoms with Crippen LogP contribution < -0.4 is 5.32 Å². The van der Waals surface area contributed by atoms with Crippen LogP contribution in [0, 0.1) is 0 Å². The zero-order valence-electron chi connectivity index (χ0n) is 20.8. The highest BCUT2D eigenvalue weighted by atomic mass is 19.4. The van der Waals surface area contributed by atoms with Crippen molar-refractivity contribution in [3.8, 4) is 5.69 Å². The number of alkyl halides is 3. The first-order chi connectivity index (χ1) is 17.6. The number of aromatic nitrogens is 2. The van der Waals surface area contributed by atoms with Gasteiger partial charge in [0.2, 0.25) is 5.91 Å². The fraction of sp³-hybridized carbons (Fsp3) is 0.370. The normalized spacial score (nSPS) is 14.7. The van der Waals surface area contributed by atoms with Crippen LogP contribution in [0.25, 0.3) is 5.69 Å². The molecule has 0 atom stereocenters. The van der Waals surface area contributed by atoms with E-state index in [0.29, 0.717) is 30.9 Å². The molecule has 2 aromatic carbocycles. The summed E-state index contributed by atoms with van der Waals surface area (Å²) in [4.78, 5) is 29.1. The SMILES string of the molecule is CN(C)CCC(=O)N1CCC(c2ccc(NC(=O)c3cn(-c4ccccc4)nc3C(F)(F)F)cc2)CC1. The molecule has 0 bridgehead atoms. The summed E-state index contributed by atoms with van der Waals surface area (Å²) < 4.78 is 41.9. The number of piperidine rings is 1. The summed E-state index contributed by atoms with van der Waals surface area (Å²) >= 11 is 0. The molecule has 0 radical (unpaired) electrons. The van der Waals surface area contributed by atoms with E-state index in [1.54, 1.807) is 42.5 Å². The zero-order valence-corrected chi connectivity index (χ0v) is 20.8. The standard InChI is InChI=1S/C27H30F3N5O2/c1-33(2)15-14-24(36)34-16-12-20(13-17-34)19-8-10-21(11-9-19)31-26(37)23-18-35(22-6-4-3-5-7-22)32-25(23)27(28,29)30/h3-11,18,20H,12-17H2,1-2H3,(H,31,37). The van der Waals surface area contributed by atoms with Gasteiger partial charge in [-0.3, -0.25) is 9.59 Å². The molecular formula is C27H30F3N5O2. The molecule has 196 valence electrons. The van der Waals surface area contributed by atoms with Crippen LogP contribution in [0.4, 0.5) is 18.9 Å². The number of hydrogen-bond acceptors (Lipinski definition) is 4. The highest BCUT2D eigenvalue weighted by Gasteiger charge is 2.39. The van der Waals surface area contributed by atoms with Crippen LogP contribution in [-0.2, 0) is 11.0 Å². The molecule has 2 heterocycles. The Balaban J connectivity index is 1.40. The van der Waals surface area contributed by atoms with Gasteiger partial charge in [-0.15, -0.1) is 0 Å². The number of carbonyl (C=O) groups is 2. The van der Waals surface area contributed by atoms with Gasteiger partial charge < -0.3 is 15.1 Å². The number of nitrogens with zero attached hydrogens (tertiary/aromatic N) is 4. The highest BCUT2D eigenvalue weighted by Crippen LogP contribution is 2.32. The monoisotopic (exact) mass is 513 g/mol. The van der Waals surface area contributed by atoms with Gasteiger partial charge in [-0.2, -0.15) is 18.3 Å². The van der Waals surface area contributed by atoms with Crippen LogP contribution in [0.2, 0.25) is 0 Å². The molecular weight excluding hydrogens is 483 g/mol. The van der Waals surface area contributed by atoms with E-state index in [0.717, 1.165) is 35.8 Å². The summed E-state index contributed by atoms with van der Waals surface area (Å²) in [5, 5.41) is 6.19. The maximum absolute atomic E-state index is 13.6. The fourth-order valence-electron chi connectivity index (χ4n) is 4.44. The molecule has 3 aromatic rings. The van der Waals surface area contributed by atoms with E-state index in [9.17, 15) is 22.8 Å². The lowest BCUT2D eigenvalue weighted by Crippen LogP contribution is -2.39. The van der Waals surface area contributed by atoms with Crippen molar-refractivity contribution in [2.45, 2.75) is 31.4 Å². The summed E-state index contributed by atoms with van der Waals surface area (Å²) in [6.45, 7) is 2.12. The Bertz CT molecular complexity index is 1220. The number of para-hydroxylation sites is 1. The first kappa shape index (κ1) is 26.4. The van der Waals surface area contributed by atoms with E-state index in [1.807, 2.05) is 36.0 Å². The summed E-state index contributed by atoms with van der Waals surface area (Å²) in [7, 11) is 3.89. The van der Waals surface area contributed by atoms with E-state index < -0.39 is 23.3 Å². The van der Waals surface area contributed by atoms with Crippen molar-refractivity contribution in [1.82, 2.24) is 19.6 Å². The predicted octanol–water partition coefficient (Wildman–Crippen LogP) is 4.80. The molecule has 1 fully saturated rings. The number of rotatable bonds is 7. The topological polar surface area (TPSA) is 70.5 Å². The molecule has 0 aliphatic carbocycles. The number of amides is 2. The first-order valence-electron chi connectivity index (χ1n) is 12.2. The molecule has 4 rings (SSSR count). The second-order valence-corrected chi connectivity index (χ2v) is 9.45. The van der Waals surface area contributed by atoms with Gasteiger partial charge in [-0.25, -0.2) is 4.68 Å². The highest BCUT2D eigenvalue weighted by molar-refractivity contribution is 6.05. The van der Waals surface area contributed by atoms with Crippen molar-refractivity contribution in [2.75, 3.05) is 39.0 Å². The lowest BCUT2D eigenvalue weighted by Gasteiger charge is -2.32. The number of likely N-dealkylation sites (tertiary alicyclic amines) is 1. The lowest BCUT2D eigenvalue weighted by atomic mass is 9.89. The molecule has 0 spiro atoms. The summed E-state index contributed by atoms with van der Waals surface area (Å²) in [5.41, 5.74) is 0.0999. The van der Waals surface area contributed by atoms with Crippen LogP contribution in [0.5, 0.6) is 0 Å². The Morgan fingerprint density at radius 1 is 1.03 bits per heavy atom. The Hall–Kier alpha value is -3.66. The van der Waals surface area contributed by atoms with Gasteiger partial charge in [0.1, 0.15) is 0 Å². The minimum absolute atomic E-state index is 0.166. The number of nitrogens with one attached hydrogen (secondary N) is 1. The molecule has 0 unspecified atom stereocenters. The van der Waals surface area contributed by atoms with Crippen molar-refractivity contribution >= 4 is 17.5 Å². The molecule has 37 heavy (non-hydrogen) atoms. The van der Waals surface area contributed by atoms with Crippen molar-refractivity contribution in [1.29, 1.82) is 0 Å². The van der Waals surface area contributed by atoms with Gasteiger partial charge in [-0.05, 0) is 62.7 Å². The van der Waals surface area contributed by atoms with Gasteiger partial charge in [0.15, 0.2) is 5.69 Å². The smallest absolute Gasteiger partial charge is 0.343 e. The minimum Gasteiger partial charge on any atom is -0.343 e. The average Bonchev–Trinajstić information content (AvgIpc) is 3.35. The summed E-state index contributed by atoms with van der Waals surface area (Å²) in [5.74, 6) is -0.436. The van der Waals surface area contributed by atoms with E-state index in [2.05, 4.69) is 10.4 Å². The van der Waals surface area contributed by atoms with E-state index >= 15 is 0 Å². The maximum Gasteiger partial charge on any atom is 0.435 e. The average molecular weight is 514 g/mol. The van der Waals surface area contributed by atoms with Crippen molar-refractivity contribution in [3.05, 3.63) is 77.6 Å². The van der Waals surface area contributed by atoms with Crippen molar-refractivity contribution in [3.63, 3.8) is 0 Å². The Morgan fingerprint density at radius 2 is 1.68 bits per heavy atom. The number of hydrogen-bond donors (Lipinski definition) is 1. The largest absolute Gasteiger partial charge is 0.435 e. The van der Waals surface area contributed by atoms with Gasteiger partial charge in [0, 0.05) is 37.9 Å². The van der Waals surface area contributed by atoms with Gasteiger partial charge in [0.05, 0.1) is 11.3 Å².